The van der Waals surface area contributed by atoms with Gasteiger partial charge in [-0.05, 0) is 49.4 Å². The van der Waals surface area contributed by atoms with Crippen molar-refractivity contribution in [1.29, 1.82) is 0 Å². The molecule has 1 aromatic carbocycles. The molecule has 100 valence electrons. The highest BCUT2D eigenvalue weighted by atomic mass is 35.5. The fraction of sp³-hybridized carbons (Fsp3) is 0.600. The summed E-state index contributed by atoms with van der Waals surface area (Å²) in [4.78, 5) is 0. The molecular weight excluding hydrogens is 249 g/mol. The summed E-state index contributed by atoms with van der Waals surface area (Å²) in [5.41, 5.74) is 1.16. The topological polar surface area (TPSA) is 12.0 Å². The Morgan fingerprint density at radius 2 is 2.22 bits per heavy atom. The molecule has 0 amide bonds. The van der Waals surface area contributed by atoms with Gasteiger partial charge in [0.25, 0.3) is 0 Å². The van der Waals surface area contributed by atoms with E-state index in [1.54, 1.807) is 6.07 Å². The zero-order valence-corrected chi connectivity index (χ0v) is 11.6. The Morgan fingerprint density at radius 3 is 2.94 bits per heavy atom. The van der Waals surface area contributed by atoms with Crippen molar-refractivity contribution < 1.29 is 4.39 Å². The molecule has 1 N–H and O–H groups in total. The van der Waals surface area contributed by atoms with Crippen molar-refractivity contribution in [2.45, 2.75) is 45.1 Å². The Kier molecular flexibility index (Phi) is 5.02. The van der Waals surface area contributed by atoms with Crippen LogP contribution in [-0.2, 0) is 6.42 Å². The third-order valence-corrected chi connectivity index (χ3v) is 4.07. The van der Waals surface area contributed by atoms with Gasteiger partial charge >= 0.3 is 0 Å². The van der Waals surface area contributed by atoms with Crippen LogP contribution in [0.2, 0.25) is 5.02 Å². The first-order valence-corrected chi connectivity index (χ1v) is 7.24. The van der Waals surface area contributed by atoms with Crippen LogP contribution < -0.4 is 5.32 Å². The van der Waals surface area contributed by atoms with Gasteiger partial charge in [-0.1, -0.05) is 37.4 Å². The van der Waals surface area contributed by atoms with Gasteiger partial charge in [-0.15, -0.1) is 0 Å². The molecule has 3 heteroatoms. The van der Waals surface area contributed by atoms with Crippen LogP contribution in [0.5, 0.6) is 0 Å². The van der Waals surface area contributed by atoms with Gasteiger partial charge in [0, 0.05) is 6.04 Å². The molecule has 0 bridgehead atoms. The lowest BCUT2D eigenvalue weighted by molar-refractivity contribution is 0.287. The summed E-state index contributed by atoms with van der Waals surface area (Å²) in [5, 5.41) is 3.78. The fourth-order valence-electron chi connectivity index (χ4n) is 2.95. The second-order valence-electron chi connectivity index (χ2n) is 5.24. The van der Waals surface area contributed by atoms with Crippen molar-refractivity contribution >= 4 is 11.6 Å². The zero-order valence-electron chi connectivity index (χ0n) is 10.9. The lowest BCUT2D eigenvalue weighted by Crippen LogP contribution is -2.34. The van der Waals surface area contributed by atoms with Gasteiger partial charge in [-0.2, -0.15) is 0 Å². The molecule has 1 saturated carbocycles. The predicted molar refractivity (Wildman–Crippen MR) is 74.5 cm³/mol. The Labute approximate surface area is 114 Å². The smallest absolute Gasteiger partial charge is 0.141 e. The van der Waals surface area contributed by atoms with Crippen LogP contribution in [0.15, 0.2) is 18.2 Å². The first-order valence-electron chi connectivity index (χ1n) is 6.86. The molecule has 0 saturated heterocycles. The molecule has 1 aliphatic carbocycles. The molecule has 0 heterocycles. The first kappa shape index (κ1) is 13.8. The number of halogens is 2. The van der Waals surface area contributed by atoms with E-state index < -0.39 is 0 Å². The van der Waals surface area contributed by atoms with Crippen molar-refractivity contribution in [1.82, 2.24) is 5.32 Å². The molecule has 0 radical (unpaired) electrons. The summed E-state index contributed by atoms with van der Waals surface area (Å²) >= 11 is 5.82. The maximum absolute atomic E-state index is 13.1. The van der Waals surface area contributed by atoms with Crippen LogP contribution in [0.25, 0.3) is 0 Å². The highest BCUT2D eigenvalue weighted by Gasteiger charge is 2.21. The van der Waals surface area contributed by atoms with Crippen LogP contribution >= 0.6 is 11.6 Å². The Morgan fingerprint density at radius 1 is 1.39 bits per heavy atom. The van der Waals surface area contributed by atoms with Gasteiger partial charge in [-0.3, -0.25) is 0 Å². The summed E-state index contributed by atoms with van der Waals surface area (Å²) in [6, 6.07) is 5.76. The van der Waals surface area contributed by atoms with Gasteiger partial charge in [0.15, 0.2) is 0 Å². The molecule has 1 nitrogen and oxygen atoms in total. The van der Waals surface area contributed by atoms with Crippen LogP contribution in [0.3, 0.4) is 0 Å². The van der Waals surface area contributed by atoms with E-state index in [1.165, 1.54) is 31.7 Å². The first-order chi connectivity index (χ1) is 8.69. The lowest BCUT2D eigenvalue weighted by Gasteiger charge is -2.29. The Balaban J connectivity index is 1.93. The second-order valence-corrected chi connectivity index (χ2v) is 5.65. The minimum Gasteiger partial charge on any atom is -0.314 e. The maximum atomic E-state index is 13.1. The SMILES string of the molecule is CCNC1CCCC(Cc2ccc(F)c(Cl)c2)C1. The molecule has 18 heavy (non-hydrogen) atoms. The molecule has 2 atom stereocenters. The van der Waals surface area contributed by atoms with Gasteiger partial charge in [-0.25, -0.2) is 4.39 Å². The van der Waals surface area contributed by atoms with Crippen LogP contribution in [0.1, 0.15) is 38.2 Å². The number of nitrogens with one attached hydrogen (secondary N) is 1. The molecule has 0 spiro atoms. The summed E-state index contributed by atoms with van der Waals surface area (Å²) < 4.78 is 13.1. The van der Waals surface area contributed by atoms with Crippen molar-refractivity contribution in [3.05, 3.63) is 34.6 Å². The minimum absolute atomic E-state index is 0.242. The molecule has 1 aromatic rings. The lowest BCUT2D eigenvalue weighted by atomic mass is 9.82. The fourth-order valence-corrected chi connectivity index (χ4v) is 3.15. The van der Waals surface area contributed by atoms with Crippen molar-refractivity contribution in [3.8, 4) is 0 Å². The van der Waals surface area contributed by atoms with E-state index in [2.05, 4.69) is 12.2 Å². The largest absolute Gasteiger partial charge is 0.314 e. The van der Waals surface area contributed by atoms with Gasteiger partial charge in [0.05, 0.1) is 5.02 Å². The standard InChI is InChI=1S/C15H21ClFN/c1-2-18-13-5-3-4-11(9-13)8-12-6-7-15(17)14(16)10-12/h6-7,10-11,13,18H,2-5,8-9H2,1H3. The van der Waals surface area contributed by atoms with E-state index in [1.807, 2.05) is 6.07 Å². The van der Waals surface area contributed by atoms with E-state index in [-0.39, 0.29) is 10.8 Å². The van der Waals surface area contributed by atoms with Crippen LogP contribution in [-0.4, -0.2) is 12.6 Å². The molecule has 2 rings (SSSR count). The van der Waals surface area contributed by atoms with Gasteiger partial charge in [0.2, 0.25) is 0 Å². The Bertz CT molecular complexity index is 392. The van der Waals surface area contributed by atoms with Crippen LogP contribution in [0, 0.1) is 11.7 Å². The predicted octanol–water partition coefficient (Wildman–Crippen LogP) is 4.19. The molecule has 2 unspecified atom stereocenters. The van der Waals surface area contributed by atoms with E-state index in [4.69, 9.17) is 11.6 Å². The van der Waals surface area contributed by atoms with E-state index in [0.717, 1.165) is 18.5 Å². The minimum atomic E-state index is -0.324. The number of rotatable bonds is 4. The van der Waals surface area contributed by atoms with Gasteiger partial charge in [0.1, 0.15) is 5.82 Å². The number of hydrogen-bond donors (Lipinski definition) is 1. The quantitative estimate of drug-likeness (QED) is 0.864. The third-order valence-electron chi connectivity index (χ3n) is 3.78. The maximum Gasteiger partial charge on any atom is 0.141 e. The average Bonchev–Trinajstić information content (AvgIpc) is 2.35. The van der Waals surface area contributed by atoms with E-state index >= 15 is 0 Å². The highest BCUT2D eigenvalue weighted by molar-refractivity contribution is 6.30. The van der Waals surface area contributed by atoms with Gasteiger partial charge < -0.3 is 5.32 Å². The molecular formula is C15H21ClFN. The van der Waals surface area contributed by atoms with E-state index in [0.29, 0.717) is 12.0 Å². The van der Waals surface area contributed by atoms with Crippen molar-refractivity contribution in [2.75, 3.05) is 6.54 Å². The Hall–Kier alpha value is -0.600. The molecule has 1 aliphatic rings. The summed E-state index contributed by atoms with van der Waals surface area (Å²) in [5.74, 6) is 0.374. The molecule has 1 fully saturated rings. The molecule has 0 aliphatic heterocycles. The number of hydrogen-bond acceptors (Lipinski definition) is 1. The van der Waals surface area contributed by atoms with Crippen molar-refractivity contribution in [3.63, 3.8) is 0 Å². The monoisotopic (exact) mass is 269 g/mol. The van der Waals surface area contributed by atoms with E-state index in [9.17, 15) is 4.39 Å². The second kappa shape index (κ2) is 6.53. The normalized spacial score (nSPS) is 24.2. The number of benzene rings is 1. The zero-order chi connectivity index (χ0) is 13.0. The average molecular weight is 270 g/mol. The highest BCUT2D eigenvalue weighted by Crippen LogP contribution is 2.28. The van der Waals surface area contributed by atoms with Crippen molar-refractivity contribution in [2.24, 2.45) is 5.92 Å². The summed E-state index contributed by atoms with van der Waals surface area (Å²) in [6.45, 7) is 3.20. The molecule has 0 aromatic heterocycles. The van der Waals surface area contributed by atoms with Crippen LogP contribution in [0.4, 0.5) is 4.39 Å². The summed E-state index contributed by atoms with van der Waals surface area (Å²) in [6.07, 6.45) is 6.09. The third kappa shape index (κ3) is 3.69. The summed E-state index contributed by atoms with van der Waals surface area (Å²) in [7, 11) is 0.